The largest absolute Gasteiger partial charge is 0.481 e. The summed E-state index contributed by atoms with van der Waals surface area (Å²) in [6.45, 7) is -0.494. The number of hydrogen-bond donors (Lipinski definition) is 2. The number of amides is 1. The van der Waals surface area contributed by atoms with E-state index in [0.29, 0.717) is 39.0 Å². The van der Waals surface area contributed by atoms with E-state index in [4.69, 9.17) is 9.84 Å². The van der Waals surface area contributed by atoms with Gasteiger partial charge in [0.15, 0.2) is 6.61 Å². The number of nitrogens with one attached hydrogen (secondary N) is 1. The van der Waals surface area contributed by atoms with Gasteiger partial charge in [-0.1, -0.05) is 30.3 Å². The van der Waals surface area contributed by atoms with Crippen molar-refractivity contribution >= 4 is 29.0 Å². The van der Waals surface area contributed by atoms with Crippen molar-refractivity contribution in [2.75, 3.05) is 6.61 Å². The normalized spacial score (nSPS) is 10.9. The van der Waals surface area contributed by atoms with E-state index in [1.54, 1.807) is 60.7 Å². The molecule has 33 heavy (non-hydrogen) atoms. The monoisotopic (exact) mass is 443 g/mol. The Morgan fingerprint density at radius 2 is 1.76 bits per heavy atom. The Balaban J connectivity index is 1.61. The van der Waals surface area contributed by atoms with Gasteiger partial charge in [-0.2, -0.15) is 5.10 Å². The van der Waals surface area contributed by atoms with Crippen LogP contribution in [0.15, 0.2) is 84.0 Å². The molecule has 0 atom stereocenters. The lowest BCUT2D eigenvalue weighted by molar-refractivity contribution is -0.139. The number of aromatic nitrogens is 1. The van der Waals surface area contributed by atoms with Crippen molar-refractivity contribution in [1.82, 2.24) is 10.4 Å². The van der Waals surface area contributed by atoms with Crippen LogP contribution in [0.25, 0.3) is 22.2 Å². The molecular formula is C25H18FN3O4. The first kappa shape index (κ1) is 21.6. The van der Waals surface area contributed by atoms with Crippen molar-refractivity contribution in [2.45, 2.75) is 0 Å². The van der Waals surface area contributed by atoms with Gasteiger partial charge in [-0.3, -0.25) is 4.79 Å². The van der Waals surface area contributed by atoms with Gasteiger partial charge in [-0.15, -0.1) is 0 Å². The van der Waals surface area contributed by atoms with E-state index in [9.17, 15) is 14.0 Å². The molecule has 7 nitrogen and oxygen atoms in total. The van der Waals surface area contributed by atoms with E-state index in [2.05, 4.69) is 15.5 Å². The van der Waals surface area contributed by atoms with Crippen LogP contribution in [0.5, 0.6) is 5.75 Å². The molecule has 0 saturated carbocycles. The number of fused-ring (bicyclic) bond motifs is 1. The summed E-state index contributed by atoms with van der Waals surface area (Å²) in [4.78, 5) is 28.3. The highest BCUT2D eigenvalue weighted by molar-refractivity contribution is 6.07. The predicted molar refractivity (Wildman–Crippen MR) is 122 cm³/mol. The molecule has 0 aliphatic rings. The number of benzene rings is 3. The van der Waals surface area contributed by atoms with E-state index >= 15 is 0 Å². The van der Waals surface area contributed by atoms with Gasteiger partial charge in [-0.25, -0.2) is 19.6 Å². The zero-order valence-electron chi connectivity index (χ0n) is 17.2. The molecule has 1 aromatic heterocycles. The standard InChI is InChI=1S/C25H18FN3O4/c26-18-11-9-16(10-12-18)22-13-20(19-6-2-3-7-21(19)28-22)25(32)29-27-14-17-5-1-4-8-23(17)33-15-24(30)31/h1-14H,15H2,(H,29,32)(H,30,31)/b27-14-. The zero-order chi connectivity index (χ0) is 23.2. The molecule has 0 fully saturated rings. The van der Waals surface area contributed by atoms with E-state index < -0.39 is 18.5 Å². The van der Waals surface area contributed by atoms with Crippen molar-refractivity contribution in [3.05, 3.63) is 95.8 Å². The van der Waals surface area contributed by atoms with Gasteiger partial charge >= 0.3 is 5.97 Å². The molecule has 0 spiro atoms. The van der Waals surface area contributed by atoms with Gasteiger partial charge in [0, 0.05) is 16.5 Å². The third-order valence-corrected chi connectivity index (χ3v) is 4.74. The summed E-state index contributed by atoms with van der Waals surface area (Å²) in [5.74, 6) is -1.60. The van der Waals surface area contributed by atoms with Gasteiger partial charge in [0.05, 0.1) is 23.0 Å². The van der Waals surface area contributed by atoms with Gasteiger partial charge in [0.25, 0.3) is 5.91 Å². The van der Waals surface area contributed by atoms with Crippen molar-refractivity contribution in [3.8, 4) is 17.0 Å². The Hall–Kier alpha value is -4.59. The number of carboxylic acid groups (broad SMARTS) is 1. The van der Waals surface area contributed by atoms with Gasteiger partial charge in [0.2, 0.25) is 0 Å². The first-order chi connectivity index (χ1) is 16.0. The van der Waals surface area contributed by atoms with Crippen molar-refractivity contribution in [2.24, 2.45) is 5.10 Å². The van der Waals surface area contributed by atoms with Crippen molar-refractivity contribution in [1.29, 1.82) is 0 Å². The molecule has 0 radical (unpaired) electrons. The Bertz CT molecular complexity index is 1350. The summed E-state index contributed by atoms with van der Waals surface area (Å²) >= 11 is 0. The lowest BCUT2D eigenvalue weighted by Crippen LogP contribution is -2.18. The number of pyridine rings is 1. The second kappa shape index (κ2) is 9.69. The fourth-order valence-corrected chi connectivity index (χ4v) is 3.21. The molecule has 0 aliphatic heterocycles. The Morgan fingerprint density at radius 1 is 1.03 bits per heavy atom. The molecule has 0 saturated heterocycles. The number of hydrogen-bond acceptors (Lipinski definition) is 5. The van der Waals surface area contributed by atoms with Crippen LogP contribution in [0.3, 0.4) is 0 Å². The third-order valence-electron chi connectivity index (χ3n) is 4.74. The predicted octanol–water partition coefficient (Wildman–Crippen LogP) is 4.27. The highest BCUT2D eigenvalue weighted by atomic mass is 19.1. The van der Waals surface area contributed by atoms with E-state index in [-0.39, 0.29) is 5.82 Å². The number of ether oxygens (including phenoxy) is 1. The van der Waals surface area contributed by atoms with Crippen LogP contribution in [-0.2, 0) is 4.79 Å². The fourth-order valence-electron chi connectivity index (χ4n) is 3.21. The first-order valence-electron chi connectivity index (χ1n) is 9.94. The van der Waals surface area contributed by atoms with Gasteiger partial charge in [0.1, 0.15) is 11.6 Å². The molecule has 1 heterocycles. The summed E-state index contributed by atoms with van der Waals surface area (Å²) in [7, 11) is 0. The minimum absolute atomic E-state index is 0.325. The van der Waals surface area contributed by atoms with Crippen LogP contribution >= 0.6 is 0 Å². The molecular weight excluding hydrogens is 425 g/mol. The minimum Gasteiger partial charge on any atom is -0.481 e. The SMILES string of the molecule is O=C(O)COc1ccccc1/C=N\NC(=O)c1cc(-c2ccc(F)cc2)nc2ccccc12. The molecule has 0 unspecified atom stereocenters. The number of aliphatic carboxylic acids is 1. The van der Waals surface area contributed by atoms with Crippen LogP contribution in [0.1, 0.15) is 15.9 Å². The lowest BCUT2D eigenvalue weighted by Gasteiger charge is -2.09. The summed E-state index contributed by atoms with van der Waals surface area (Å²) in [6, 6.07) is 21.4. The molecule has 164 valence electrons. The maximum absolute atomic E-state index is 13.3. The molecule has 8 heteroatoms. The summed E-state index contributed by atoms with van der Waals surface area (Å²) < 4.78 is 18.6. The summed E-state index contributed by atoms with van der Waals surface area (Å²) in [6.07, 6.45) is 1.37. The van der Waals surface area contributed by atoms with E-state index in [0.717, 1.165) is 0 Å². The lowest BCUT2D eigenvalue weighted by atomic mass is 10.0. The van der Waals surface area contributed by atoms with E-state index in [1.165, 1.54) is 18.3 Å². The zero-order valence-corrected chi connectivity index (χ0v) is 17.2. The number of carboxylic acids is 1. The first-order valence-corrected chi connectivity index (χ1v) is 9.94. The van der Waals surface area contributed by atoms with Crippen LogP contribution in [0.2, 0.25) is 0 Å². The number of hydrazone groups is 1. The quantitative estimate of drug-likeness (QED) is 0.328. The molecule has 4 aromatic rings. The molecule has 1 amide bonds. The highest BCUT2D eigenvalue weighted by Gasteiger charge is 2.14. The molecule has 3 aromatic carbocycles. The maximum Gasteiger partial charge on any atom is 0.341 e. The molecule has 2 N–H and O–H groups in total. The van der Waals surface area contributed by atoms with Crippen LogP contribution in [0.4, 0.5) is 4.39 Å². The number of carbonyl (C=O) groups excluding carboxylic acids is 1. The maximum atomic E-state index is 13.3. The Labute approximate surface area is 188 Å². The van der Waals surface area contributed by atoms with Crippen molar-refractivity contribution < 1.29 is 23.8 Å². The average molecular weight is 443 g/mol. The molecule has 4 rings (SSSR count). The minimum atomic E-state index is -1.10. The smallest absolute Gasteiger partial charge is 0.341 e. The van der Waals surface area contributed by atoms with Crippen LogP contribution in [-0.4, -0.2) is 34.8 Å². The number of rotatable bonds is 7. The van der Waals surface area contributed by atoms with Gasteiger partial charge < -0.3 is 9.84 Å². The van der Waals surface area contributed by atoms with Crippen LogP contribution in [0, 0.1) is 5.82 Å². The fraction of sp³-hybridized carbons (Fsp3) is 0.0400. The third kappa shape index (κ3) is 5.19. The summed E-state index contributed by atoms with van der Waals surface area (Å²) in [5, 5.41) is 13.5. The Morgan fingerprint density at radius 3 is 2.55 bits per heavy atom. The van der Waals surface area contributed by atoms with E-state index in [1.807, 2.05) is 6.07 Å². The molecule has 0 bridgehead atoms. The molecule has 0 aliphatic carbocycles. The Kier molecular flexibility index (Phi) is 6.36. The second-order valence-electron chi connectivity index (χ2n) is 7.00. The number of nitrogens with zero attached hydrogens (tertiary/aromatic N) is 2. The highest BCUT2D eigenvalue weighted by Crippen LogP contribution is 2.25. The number of carbonyl (C=O) groups is 2. The average Bonchev–Trinajstić information content (AvgIpc) is 2.83. The summed E-state index contributed by atoms with van der Waals surface area (Å²) in [5.41, 5.74) is 5.16. The number of halogens is 1. The van der Waals surface area contributed by atoms with Crippen molar-refractivity contribution in [3.63, 3.8) is 0 Å². The second-order valence-corrected chi connectivity index (χ2v) is 7.00. The van der Waals surface area contributed by atoms with Gasteiger partial charge in [-0.05, 0) is 48.5 Å². The van der Waals surface area contributed by atoms with Crippen LogP contribution < -0.4 is 10.2 Å². The topological polar surface area (TPSA) is 101 Å². The number of para-hydroxylation sites is 2.